The summed E-state index contributed by atoms with van der Waals surface area (Å²) in [7, 11) is 0. The fraction of sp³-hybridized carbons (Fsp3) is 0.0303. The van der Waals surface area contributed by atoms with Crippen LogP contribution in [0.2, 0.25) is 0 Å². The van der Waals surface area contributed by atoms with E-state index in [0.717, 1.165) is 144 Å². The highest BCUT2D eigenvalue weighted by Crippen LogP contribution is 2.56. The quantitative estimate of drug-likeness (QED) is 0.142. The summed E-state index contributed by atoms with van der Waals surface area (Å²) in [5.74, 6) is 0. The summed E-state index contributed by atoms with van der Waals surface area (Å²) in [5, 5.41) is 8.29. The van der Waals surface area contributed by atoms with Crippen molar-refractivity contribution in [2.24, 2.45) is 0 Å². The molecule has 14 rings (SSSR count). The van der Waals surface area contributed by atoms with Gasteiger partial charge in [0.2, 0.25) is 0 Å². The highest BCUT2D eigenvalue weighted by molar-refractivity contribution is 6.29. The Labute approximate surface area is 409 Å². The smallest absolute Gasteiger partial charge is 0.162 e. The second kappa shape index (κ2) is 16.2. The van der Waals surface area contributed by atoms with Crippen molar-refractivity contribution in [2.75, 3.05) is 9.80 Å². The minimum Gasteiger partial charge on any atom is -0.454 e. The number of rotatable bonds is 8. The van der Waals surface area contributed by atoms with Crippen molar-refractivity contribution >= 4 is 111 Å². The molecule has 0 spiro atoms. The molecule has 0 radical (unpaired) electrons. The monoisotopic (exact) mass is 912 g/mol. The SMILES string of the molecule is Cc1cccc2c1oc1c(N(c3ccc(-c4ccccc4)cc3)c3c4ccccc4c(N(c4ccc(-c5ccccc5)cc4)c4cccc5c4oc4c(C)cccc45)c4c3oc3ccccc34)cccc12. The summed E-state index contributed by atoms with van der Waals surface area (Å²) < 4.78 is 21.4. The van der Waals surface area contributed by atoms with Crippen molar-refractivity contribution in [3.63, 3.8) is 0 Å². The molecule has 5 nitrogen and oxygen atoms in total. The molecule has 0 saturated heterocycles. The molecule has 0 atom stereocenters. The van der Waals surface area contributed by atoms with E-state index in [0.29, 0.717) is 0 Å². The van der Waals surface area contributed by atoms with Crippen LogP contribution < -0.4 is 9.80 Å². The molecule has 11 aromatic carbocycles. The average Bonchev–Trinajstić information content (AvgIpc) is 4.14. The Morgan fingerprint density at radius 3 is 1.15 bits per heavy atom. The summed E-state index contributed by atoms with van der Waals surface area (Å²) >= 11 is 0. The lowest BCUT2D eigenvalue weighted by atomic mass is 9.97. The fourth-order valence-electron chi connectivity index (χ4n) is 10.9. The molecule has 336 valence electrons. The van der Waals surface area contributed by atoms with Gasteiger partial charge in [0.1, 0.15) is 16.7 Å². The van der Waals surface area contributed by atoms with Crippen LogP contribution in [-0.4, -0.2) is 0 Å². The molecule has 3 heterocycles. The van der Waals surface area contributed by atoms with Crippen molar-refractivity contribution in [1.82, 2.24) is 0 Å². The van der Waals surface area contributed by atoms with Crippen molar-refractivity contribution in [2.45, 2.75) is 13.8 Å². The molecule has 0 bridgehead atoms. The zero-order valence-corrected chi connectivity index (χ0v) is 39.1. The van der Waals surface area contributed by atoms with Crippen LogP contribution in [0.25, 0.3) is 98.8 Å². The third kappa shape index (κ3) is 6.40. The molecule has 71 heavy (non-hydrogen) atoms. The highest BCUT2D eigenvalue weighted by atomic mass is 16.3. The lowest BCUT2D eigenvalue weighted by Crippen LogP contribution is -2.14. The van der Waals surface area contributed by atoms with Crippen LogP contribution in [-0.2, 0) is 0 Å². The molecule has 0 aliphatic carbocycles. The Morgan fingerprint density at radius 1 is 0.268 bits per heavy atom. The third-order valence-corrected chi connectivity index (χ3v) is 14.3. The molecular formula is C66H44N2O3. The van der Waals surface area contributed by atoms with E-state index in [1.807, 2.05) is 0 Å². The number of nitrogens with zero attached hydrogens (tertiary/aromatic N) is 2. The Bertz CT molecular complexity index is 4360. The predicted octanol–water partition coefficient (Wildman–Crippen LogP) is 19.4. The normalized spacial score (nSPS) is 11.8. The summed E-state index contributed by atoms with van der Waals surface area (Å²) in [6.07, 6.45) is 0. The number of aryl methyl sites for hydroxylation is 2. The van der Waals surface area contributed by atoms with Crippen molar-refractivity contribution in [3.8, 4) is 22.3 Å². The van der Waals surface area contributed by atoms with Crippen molar-refractivity contribution < 1.29 is 13.3 Å². The van der Waals surface area contributed by atoms with E-state index < -0.39 is 0 Å². The largest absolute Gasteiger partial charge is 0.454 e. The van der Waals surface area contributed by atoms with Crippen LogP contribution in [0.4, 0.5) is 34.1 Å². The second-order valence-corrected chi connectivity index (χ2v) is 18.5. The van der Waals surface area contributed by atoms with Crippen molar-refractivity contribution in [1.29, 1.82) is 0 Å². The molecule has 0 saturated carbocycles. The molecule has 0 aliphatic heterocycles. The molecule has 0 fully saturated rings. The maximum atomic E-state index is 7.37. The predicted molar refractivity (Wildman–Crippen MR) is 295 cm³/mol. The van der Waals surface area contributed by atoms with Crippen LogP contribution in [0, 0.1) is 13.8 Å². The maximum Gasteiger partial charge on any atom is 0.162 e. The van der Waals surface area contributed by atoms with Crippen LogP contribution in [0.3, 0.4) is 0 Å². The number of furan rings is 3. The standard InChI is InChI=1S/C66H44N2O3/c1-41-17-13-26-51-53-28-15-30-56(64(53)70-62(41)51)67(47-37-33-45(34-38-47)43-19-5-3-6-20-43)60-49-23-9-10-24-50(49)61(66-59(60)55-25-11-12-32-58(55)69-66)68(48-39-35-46(36-40-48)44-21-7-4-8-22-44)57-31-16-29-54-52-27-14-18-42(2)63(52)71-65(54)57/h3-40H,1-2H3. The Morgan fingerprint density at radius 2 is 0.648 bits per heavy atom. The maximum absolute atomic E-state index is 7.37. The summed E-state index contributed by atoms with van der Waals surface area (Å²) in [6.45, 7) is 4.23. The summed E-state index contributed by atoms with van der Waals surface area (Å²) in [4.78, 5) is 4.75. The van der Waals surface area contributed by atoms with Gasteiger partial charge in [0, 0.05) is 49.1 Å². The molecule has 0 aliphatic rings. The molecule has 3 aromatic heterocycles. The average molecular weight is 913 g/mol. The van der Waals surface area contributed by atoms with Gasteiger partial charge in [0.05, 0.1) is 28.1 Å². The number of hydrogen-bond acceptors (Lipinski definition) is 5. The van der Waals surface area contributed by atoms with E-state index >= 15 is 0 Å². The lowest BCUT2D eigenvalue weighted by molar-refractivity contribution is 0.664. The third-order valence-electron chi connectivity index (χ3n) is 14.3. The Kier molecular flexibility index (Phi) is 9.26. The van der Waals surface area contributed by atoms with Crippen LogP contribution in [0.5, 0.6) is 0 Å². The lowest BCUT2D eigenvalue weighted by Gasteiger charge is -2.31. The van der Waals surface area contributed by atoms with E-state index in [1.165, 1.54) is 0 Å². The van der Waals surface area contributed by atoms with Gasteiger partial charge in [-0.1, -0.05) is 188 Å². The van der Waals surface area contributed by atoms with Gasteiger partial charge in [-0.25, -0.2) is 0 Å². The minimum atomic E-state index is 0.745. The molecular weight excluding hydrogens is 869 g/mol. The van der Waals surface area contributed by atoms with E-state index in [-0.39, 0.29) is 0 Å². The fourth-order valence-corrected chi connectivity index (χ4v) is 10.9. The zero-order valence-electron chi connectivity index (χ0n) is 39.1. The summed E-state index contributed by atoms with van der Waals surface area (Å²) in [5.41, 5.74) is 17.3. The Balaban J connectivity index is 1.11. The number of benzene rings is 11. The molecule has 0 amide bonds. The second-order valence-electron chi connectivity index (χ2n) is 18.5. The Hall–Kier alpha value is -9.32. The van der Waals surface area contributed by atoms with E-state index in [9.17, 15) is 0 Å². The van der Waals surface area contributed by atoms with Gasteiger partial charge >= 0.3 is 0 Å². The summed E-state index contributed by atoms with van der Waals surface area (Å²) in [6, 6.07) is 81.8. The van der Waals surface area contributed by atoms with Crippen LogP contribution in [0.1, 0.15) is 11.1 Å². The van der Waals surface area contributed by atoms with Gasteiger partial charge in [-0.15, -0.1) is 0 Å². The molecule has 5 heteroatoms. The number of hydrogen-bond donors (Lipinski definition) is 0. The first-order chi connectivity index (χ1) is 35.1. The molecule has 0 N–H and O–H groups in total. The topological polar surface area (TPSA) is 45.9 Å². The van der Waals surface area contributed by atoms with Gasteiger partial charge < -0.3 is 23.1 Å². The van der Waals surface area contributed by atoms with Gasteiger partial charge in [0.15, 0.2) is 16.7 Å². The molecule has 0 unspecified atom stereocenters. The van der Waals surface area contributed by atoms with Crippen LogP contribution >= 0.6 is 0 Å². The zero-order chi connectivity index (χ0) is 47.2. The number of para-hydroxylation sites is 5. The van der Waals surface area contributed by atoms with Crippen molar-refractivity contribution in [3.05, 3.63) is 242 Å². The highest BCUT2D eigenvalue weighted by Gasteiger charge is 2.32. The first-order valence-electron chi connectivity index (χ1n) is 24.2. The van der Waals surface area contributed by atoms with E-state index in [2.05, 4.69) is 254 Å². The van der Waals surface area contributed by atoms with Gasteiger partial charge in [-0.3, -0.25) is 0 Å². The van der Waals surface area contributed by atoms with Gasteiger partial charge in [-0.05, 0) is 89.7 Å². The van der Waals surface area contributed by atoms with Crippen LogP contribution in [0.15, 0.2) is 244 Å². The minimum absolute atomic E-state index is 0.745. The van der Waals surface area contributed by atoms with Gasteiger partial charge in [0.25, 0.3) is 0 Å². The van der Waals surface area contributed by atoms with E-state index in [4.69, 9.17) is 13.3 Å². The number of fused-ring (bicyclic) bond motifs is 10. The first kappa shape index (κ1) is 40.7. The molecule has 14 aromatic rings. The first-order valence-corrected chi connectivity index (χ1v) is 24.2. The number of anilines is 6. The van der Waals surface area contributed by atoms with Gasteiger partial charge in [-0.2, -0.15) is 0 Å². The van der Waals surface area contributed by atoms with E-state index in [1.54, 1.807) is 0 Å².